The molecule has 3 atom stereocenters. The van der Waals surface area contributed by atoms with Crippen LogP contribution in [-0.2, 0) is 14.3 Å². The lowest BCUT2D eigenvalue weighted by atomic mass is 9.79. The fourth-order valence-corrected chi connectivity index (χ4v) is 4.53. The summed E-state index contributed by atoms with van der Waals surface area (Å²) in [6, 6.07) is 8.75. The Morgan fingerprint density at radius 2 is 2.22 bits per heavy atom. The number of benzene rings is 1. The molecule has 1 saturated heterocycles. The number of nitrogens with one attached hydrogen (secondary N) is 2. The van der Waals surface area contributed by atoms with Crippen LogP contribution in [0.5, 0.6) is 0 Å². The Kier molecular flexibility index (Phi) is 6.15. The van der Waals surface area contributed by atoms with Crippen LogP contribution in [0.1, 0.15) is 36.8 Å². The molecule has 2 aliphatic rings. The maximum Gasteiger partial charge on any atom is 0.310 e. The Labute approximate surface area is 189 Å². The molecule has 3 unspecified atom stereocenters. The van der Waals surface area contributed by atoms with E-state index in [1.165, 1.54) is 0 Å². The summed E-state index contributed by atoms with van der Waals surface area (Å²) in [6.07, 6.45) is 1.43. The van der Waals surface area contributed by atoms with Gasteiger partial charge in [-0.05, 0) is 37.5 Å². The highest BCUT2D eigenvalue weighted by atomic mass is 35.5. The third kappa shape index (κ3) is 4.06. The average Bonchev–Trinajstić information content (AvgIpc) is 2.78. The van der Waals surface area contributed by atoms with Crippen molar-refractivity contribution in [3.8, 4) is 6.07 Å². The van der Waals surface area contributed by atoms with Crippen molar-refractivity contribution in [2.24, 2.45) is 11.8 Å². The summed E-state index contributed by atoms with van der Waals surface area (Å²) in [5.41, 5.74) is 0.343. The lowest BCUT2D eigenvalue weighted by Crippen LogP contribution is -2.43. The largest absolute Gasteiger partial charge is 0.466 e. The van der Waals surface area contributed by atoms with Crippen LogP contribution in [0.3, 0.4) is 0 Å². The number of hydrogen-bond donors (Lipinski definition) is 2. The molecule has 166 valence electrons. The number of fused-ring (bicyclic) bond motifs is 1. The van der Waals surface area contributed by atoms with Crippen molar-refractivity contribution in [2.75, 3.05) is 29.9 Å². The quantitative estimate of drug-likeness (QED) is 0.677. The molecule has 3 heterocycles. The fourth-order valence-electron chi connectivity index (χ4n) is 4.33. The minimum atomic E-state index is -1.10. The summed E-state index contributed by atoms with van der Waals surface area (Å²) in [5.74, 6) is -2.64. The van der Waals surface area contributed by atoms with Crippen molar-refractivity contribution in [3.63, 3.8) is 0 Å². The number of esters is 1. The van der Waals surface area contributed by atoms with Gasteiger partial charge in [-0.1, -0.05) is 23.7 Å². The van der Waals surface area contributed by atoms with E-state index in [4.69, 9.17) is 16.3 Å². The number of amides is 1. The zero-order valence-corrected chi connectivity index (χ0v) is 18.2. The number of nitriles is 1. The zero-order valence-electron chi connectivity index (χ0n) is 17.4. The predicted molar refractivity (Wildman–Crippen MR) is 117 cm³/mol. The van der Waals surface area contributed by atoms with E-state index < -0.39 is 23.3 Å². The van der Waals surface area contributed by atoms with Crippen LogP contribution in [0.25, 0.3) is 0 Å². The Morgan fingerprint density at radius 3 is 2.94 bits per heavy atom. The predicted octanol–water partition coefficient (Wildman–Crippen LogP) is 2.43. The minimum absolute atomic E-state index is 0.114. The molecule has 0 radical (unpaired) electrons. The number of carbonyl (C=O) groups excluding carboxylic acids is 2. The van der Waals surface area contributed by atoms with Gasteiger partial charge in [0.15, 0.2) is 0 Å². The van der Waals surface area contributed by atoms with Crippen LogP contribution in [-0.4, -0.2) is 41.5 Å². The maximum absolute atomic E-state index is 13.2. The van der Waals surface area contributed by atoms with Gasteiger partial charge < -0.3 is 15.0 Å². The van der Waals surface area contributed by atoms with E-state index in [1.807, 2.05) is 11.0 Å². The number of aromatic nitrogens is 2. The molecule has 0 aliphatic carbocycles. The van der Waals surface area contributed by atoms with E-state index in [-0.39, 0.29) is 29.2 Å². The molecule has 0 spiro atoms. The monoisotopic (exact) mass is 455 g/mol. The standard InChI is InChI=1S/C22H22ClN5O4/c1-2-32-21(31)13-6-4-8-28(11-13)22-26-18-17(20(30)27-22)16(15(10-24)19(29)25-18)12-5-3-7-14(23)9-12/h3,5,7,9,13,15-16H,2,4,6,8,11H2,1H3,(H2,25,26,27,29,30). The van der Waals surface area contributed by atoms with Gasteiger partial charge in [-0.25, -0.2) is 0 Å². The molecule has 2 aliphatic heterocycles. The lowest BCUT2D eigenvalue weighted by molar-refractivity contribution is -0.148. The van der Waals surface area contributed by atoms with Crippen molar-refractivity contribution in [1.82, 2.24) is 9.97 Å². The van der Waals surface area contributed by atoms with Crippen LogP contribution >= 0.6 is 11.6 Å². The van der Waals surface area contributed by atoms with E-state index in [2.05, 4.69) is 15.3 Å². The number of piperidine rings is 1. The SMILES string of the molecule is CCOC(=O)C1CCCN(c2nc3c(c(=O)[nH]2)C(c2cccc(Cl)c2)C(C#N)C(=O)N3)C1. The first-order chi connectivity index (χ1) is 15.4. The molecule has 2 aromatic rings. The molecule has 1 fully saturated rings. The number of ether oxygens (including phenoxy) is 1. The second-order valence-electron chi connectivity index (χ2n) is 7.82. The third-order valence-electron chi connectivity index (χ3n) is 5.80. The summed E-state index contributed by atoms with van der Waals surface area (Å²) in [6.45, 7) is 3.02. The van der Waals surface area contributed by atoms with Crippen molar-refractivity contribution in [2.45, 2.75) is 25.7 Å². The highest BCUT2D eigenvalue weighted by Gasteiger charge is 2.40. The second kappa shape index (κ2) is 9.01. The molecule has 32 heavy (non-hydrogen) atoms. The first-order valence-corrected chi connectivity index (χ1v) is 10.8. The molecular formula is C22H22ClN5O4. The first kappa shape index (κ1) is 21.8. The van der Waals surface area contributed by atoms with Crippen LogP contribution in [0.2, 0.25) is 5.02 Å². The Balaban J connectivity index is 1.73. The van der Waals surface area contributed by atoms with Gasteiger partial charge in [0, 0.05) is 24.0 Å². The van der Waals surface area contributed by atoms with Gasteiger partial charge in [-0.15, -0.1) is 0 Å². The van der Waals surface area contributed by atoms with Gasteiger partial charge in [-0.3, -0.25) is 19.4 Å². The summed E-state index contributed by atoms with van der Waals surface area (Å²) >= 11 is 6.12. The van der Waals surface area contributed by atoms with Crippen molar-refractivity contribution in [1.29, 1.82) is 5.26 Å². The van der Waals surface area contributed by atoms with Gasteiger partial charge >= 0.3 is 5.97 Å². The van der Waals surface area contributed by atoms with E-state index >= 15 is 0 Å². The summed E-state index contributed by atoms with van der Waals surface area (Å²) in [5, 5.41) is 12.7. The highest BCUT2D eigenvalue weighted by molar-refractivity contribution is 6.30. The number of anilines is 2. The van der Waals surface area contributed by atoms with E-state index in [0.29, 0.717) is 36.7 Å². The molecule has 0 saturated carbocycles. The van der Waals surface area contributed by atoms with Crippen LogP contribution in [0, 0.1) is 23.2 Å². The van der Waals surface area contributed by atoms with E-state index in [1.54, 1.807) is 31.2 Å². The molecule has 4 rings (SSSR count). The zero-order chi connectivity index (χ0) is 22.8. The number of carbonyl (C=O) groups is 2. The fraction of sp³-hybridized carbons (Fsp3) is 0.409. The summed E-state index contributed by atoms with van der Waals surface area (Å²) in [7, 11) is 0. The van der Waals surface area contributed by atoms with Gasteiger partial charge in [0.05, 0.1) is 24.2 Å². The summed E-state index contributed by atoms with van der Waals surface area (Å²) in [4.78, 5) is 47.1. The number of halogens is 1. The Morgan fingerprint density at radius 1 is 1.41 bits per heavy atom. The Bertz CT molecular complexity index is 1160. The lowest BCUT2D eigenvalue weighted by Gasteiger charge is -2.33. The second-order valence-corrected chi connectivity index (χ2v) is 8.25. The van der Waals surface area contributed by atoms with Crippen LogP contribution in [0.15, 0.2) is 29.1 Å². The van der Waals surface area contributed by atoms with Gasteiger partial charge in [0.2, 0.25) is 11.9 Å². The smallest absolute Gasteiger partial charge is 0.310 e. The number of aromatic amines is 1. The molecule has 2 N–H and O–H groups in total. The third-order valence-corrected chi connectivity index (χ3v) is 6.03. The van der Waals surface area contributed by atoms with Crippen LogP contribution in [0.4, 0.5) is 11.8 Å². The molecule has 10 heteroatoms. The average molecular weight is 456 g/mol. The maximum atomic E-state index is 13.2. The molecule has 0 bridgehead atoms. The number of rotatable bonds is 4. The Hall–Kier alpha value is -3.38. The van der Waals surface area contributed by atoms with Gasteiger partial charge in [0.25, 0.3) is 5.56 Å². The highest BCUT2D eigenvalue weighted by Crippen LogP contribution is 2.39. The minimum Gasteiger partial charge on any atom is -0.466 e. The molecule has 1 amide bonds. The number of nitrogens with zero attached hydrogens (tertiary/aromatic N) is 3. The van der Waals surface area contributed by atoms with E-state index in [9.17, 15) is 19.6 Å². The molecule has 9 nitrogen and oxygen atoms in total. The van der Waals surface area contributed by atoms with Crippen molar-refractivity contribution in [3.05, 3.63) is 50.8 Å². The molecule has 1 aromatic carbocycles. The first-order valence-electron chi connectivity index (χ1n) is 10.4. The normalized spacial score (nSPS) is 22.5. The molecule has 1 aromatic heterocycles. The molecular weight excluding hydrogens is 434 g/mol. The topological polar surface area (TPSA) is 128 Å². The van der Waals surface area contributed by atoms with Crippen molar-refractivity contribution >= 4 is 35.2 Å². The van der Waals surface area contributed by atoms with Crippen molar-refractivity contribution < 1.29 is 14.3 Å². The van der Waals surface area contributed by atoms with Gasteiger partial charge in [0.1, 0.15) is 11.7 Å². The van der Waals surface area contributed by atoms with E-state index in [0.717, 1.165) is 6.42 Å². The number of H-pyrrole nitrogens is 1. The van der Waals surface area contributed by atoms with Crippen LogP contribution < -0.4 is 15.8 Å². The number of hydrogen-bond acceptors (Lipinski definition) is 7. The van der Waals surface area contributed by atoms with Gasteiger partial charge in [-0.2, -0.15) is 10.2 Å². The summed E-state index contributed by atoms with van der Waals surface area (Å²) < 4.78 is 5.13.